The lowest BCUT2D eigenvalue weighted by atomic mass is 10.2. The first-order chi connectivity index (χ1) is 6.24. The van der Waals surface area contributed by atoms with Crippen molar-refractivity contribution in [2.75, 3.05) is 19.8 Å². The van der Waals surface area contributed by atoms with Crippen LogP contribution in [0.15, 0.2) is 12.2 Å². The summed E-state index contributed by atoms with van der Waals surface area (Å²) >= 11 is 0. The van der Waals surface area contributed by atoms with Crippen molar-refractivity contribution in [1.82, 2.24) is 0 Å². The van der Waals surface area contributed by atoms with Gasteiger partial charge in [0.05, 0.1) is 13.2 Å². The van der Waals surface area contributed by atoms with E-state index in [-0.39, 0.29) is 18.6 Å². The fourth-order valence-corrected chi connectivity index (χ4v) is 0.813. The Hall–Kier alpha value is -0.910. The van der Waals surface area contributed by atoms with E-state index in [4.69, 9.17) is 19.3 Å². The molecule has 1 aliphatic heterocycles. The summed E-state index contributed by atoms with van der Waals surface area (Å²) in [7, 11) is 0. The second kappa shape index (κ2) is 4.96. The molecule has 0 aromatic carbocycles. The van der Waals surface area contributed by atoms with Crippen molar-refractivity contribution in [2.24, 2.45) is 0 Å². The summed E-state index contributed by atoms with van der Waals surface area (Å²) in [5, 5.41) is 8.52. The molecule has 0 radical (unpaired) electrons. The third-order valence-corrected chi connectivity index (χ3v) is 1.50. The van der Waals surface area contributed by atoms with E-state index in [9.17, 15) is 4.79 Å². The van der Waals surface area contributed by atoms with Crippen molar-refractivity contribution in [1.29, 1.82) is 0 Å². The first-order valence-electron chi connectivity index (χ1n) is 3.97. The standard InChI is InChI=1S/C8H12O5/c1-6(2-3-9)7(10)13-8-11-4-5-12-8/h8-9H,1-5H2. The van der Waals surface area contributed by atoms with Crippen molar-refractivity contribution >= 4 is 5.97 Å². The second-order valence-corrected chi connectivity index (χ2v) is 2.51. The van der Waals surface area contributed by atoms with Crippen LogP contribution < -0.4 is 0 Å². The molecule has 0 saturated carbocycles. The Morgan fingerprint density at radius 3 is 2.69 bits per heavy atom. The van der Waals surface area contributed by atoms with Gasteiger partial charge in [0.1, 0.15) is 0 Å². The molecule has 1 rings (SSSR count). The van der Waals surface area contributed by atoms with Gasteiger partial charge < -0.3 is 19.3 Å². The van der Waals surface area contributed by atoms with Crippen LogP contribution in [0.2, 0.25) is 0 Å². The number of rotatable bonds is 4. The maximum absolute atomic E-state index is 11.1. The van der Waals surface area contributed by atoms with Crippen molar-refractivity contribution in [3.05, 3.63) is 12.2 Å². The second-order valence-electron chi connectivity index (χ2n) is 2.51. The zero-order valence-electron chi connectivity index (χ0n) is 7.19. The lowest BCUT2D eigenvalue weighted by molar-refractivity contribution is -0.223. The van der Waals surface area contributed by atoms with E-state index in [1.165, 1.54) is 0 Å². The minimum Gasteiger partial charge on any atom is -0.407 e. The largest absolute Gasteiger partial charge is 0.407 e. The highest BCUT2D eigenvalue weighted by Crippen LogP contribution is 2.09. The van der Waals surface area contributed by atoms with Crippen LogP contribution in [0.1, 0.15) is 6.42 Å². The van der Waals surface area contributed by atoms with E-state index in [1.54, 1.807) is 0 Å². The Kier molecular flexibility index (Phi) is 3.88. The van der Waals surface area contributed by atoms with Gasteiger partial charge >= 0.3 is 12.4 Å². The monoisotopic (exact) mass is 188 g/mol. The molecule has 1 fully saturated rings. The molecule has 0 unspecified atom stereocenters. The van der Waals surface area contributed by atoms with Gasteiger partial charge in [0.25, 0.3) is 0 Å². The lowest BCUT2D eigenvalue weighted by Gasteiger charge is -2.10. The van der Waals surface area contributed by atoms with Gasteiger partial charge in [0.2, 0.25) is 0 Å². The summed E-state index contributed by atoms with van der Waals surface area (Å²) < 4.78 is 14.5. The smallest absolute Gasteiger partial charge is 0.337 e. The highest BCUT2D eigenvalue weighted by atomic mass is 16.9. The third kappa shape index (κ3) is 3.14. The summed E-state index contributed by atoms with van der Waals surface area (Å²) in [6.45, 7) is 3.24. The van der Waals surface area contributed by atoms with Crippen LogP contribution in [0.25, 0.3) is 0 Å². The fraction of sp³-hybridized carbons (Fsp3) is 0.625. The highest BCUT2D eigenvalue weighted by Gasteiger charge is 2.21. The van der Waals surface area contributed by atoms with Crippen LogP contribution >= 0.6 is 0 Å². The summed E-state index contributed by atoms with van der Waals surface area (Å²) in [6.07, 6.45) is 0.200. The summed E-state index contributed by atoms with van der Waals surface area (Å²) in [5.74, 6) is -0.596. The predicted octanol–water partition coefficient (Wildman–Crippen LogP) is -0.201. The summed E-state index contributed by atoms with van der Waals surface area (Å²) in [4.78, 5) is 11.1. The molecule has 0 spiro atoms. The van der Waals surface area contributed by atoms with Gasteiger partial charge in [-0.2, -0.15) is 0 Å². The number of carbonyl (C=O) groups excluding carboxylic acids is 1. The van der Waals surface area contributed by atoms with Crippen LogP contribution in [0.4, 0.5) is 0 Å². The number of hydrogen-bond donors (Lipinski definition) is 1. The first kappa shape index (κ1) is 10.2. The van der Waals surface area contributed by atoms with Crippen LogP contribution in [-0.4, -0.2) is 37.4 Å². The minimum absolute atomic E-state index is 0.125. The average molecular weight is 188 g/mol. The normalized spacial score (nSPS) is 17.3. The molecule has 0 aromatic rings. The topological polar surface area (TPSA) is 65.0 Å². The van der Waals surface area contributed by atoms with Crippen LogP contribution in [0.3, 0.4) is 0 Å². The SMILES string of the molecule is C=C(CCO)C(=O)OC1OCCO1. The molecular formula is C8H12O5. The average Bonchev–Trinajstić information content (AvgIpc) is 2.57. The molecule has 0 aliphatic carbocycles. The molecule has 0 bridgehead atoms. The number of hydrogen-bond acceptors (Lipinski definition) is 5. The number of ether oxygens (including phenoxy) is 3. The molecule has 0 aromatic heterocycles. The van der Waals surface area contributed by atoms with Gasteiger partial charge in [-0.25, -0.2) is 4.79 Å². The Morgan fingerprint density at radius 2 is 2.15 bits per heavy atom. The number of esters is 1. The first-order valence-corrected chi connectivity index (χ1v) is 3.97. The van der Waals surface area contributed by atoms with Crippen LogP contribution in [-0.2, 0) is 19.0 Å². The Bertz CT molecular complexity index is 195. The third-order valence-electron chi connectivity index (χ3n) is 1.50. The Balaban J connectivity index is 2.27. The van der Waals surface area contributed by atoms with Crippen molar-refractivity contribution < 1.29 is 24.1 Å². The zero-order valence-corrected chi connectivity index (χ0v) is 7.19. The zero-order chi connectivity index (χ0) is 9.68. The number of aliphatic hydroxyl groups is 1. The van der Waals surface area contributed by atoms with Crippen LogP contribution in [0.5, 0.6) is 0 Å². The van der Waals surface area contributed by atoms with Gasteiger partial charge in [-0.3, -0.25) is 0 Å². The molecule has 5 nitrogen and oxygen atoms in total. The number of aliphatic hydroxyl groups excluding tert-OH is 1. The van der Waals surface area contributed by atoms with Crippen molar-refractivity contribution in [2.45, 2.75) is 12.9 Å². The minimum atomic E-state index is -0.914. The van der Waals surface area contributed by atoms with E-state index >= 15 is 0 Å². The van der Waals surface area contributed by atoms with E-state index in [0.29, 0.717) is 13.2 Å². The lowest BCUT2D eigenvalue weighted by Crippen LogP contribution is -2.19. The molecule has 74 valence electrons. The number of carbonyl (C=O) groups is 1. The Morgan fingerprint density at radius 1 is 1.54 bits per heavy atom. The molecule has 1 saturated heterocycles. The predicted molar refractivity (Wildman–Crippen MR) is 42.6 cm³/mol. The van der Waals surface area contributed by atoms with Gasteiger partial charge in [0.15, 0.2) is 0 Å². The molecule has 5 heteroatoms. The van der Waals surface area contributed by atoms with Gasteiger partial charge in [-0.05, 0) is 0 Å². The summed E-state index contributed by atoms with van der Waals surface area (Å²) in [5.41, 5.74) is 0.210. The molecule has 13 heavy (non-hydrogen) atoms. The summed E-state index contributed by atoms with van der Waals surface area (Å²) in [6, 6.07) is 0. The van der Waals surface area contributed by atoms with E-state index in [2.05, 4.69) is 6.58 Å². The van der Waals surface area contributed by atoms with E-state index < -0.39 is 12.4 Å². The molecule has 0 atom stereocenters. The van der Waals surface area contributed by atoms with Gasteiger partial charge in [0, 0.05) is 18.6 Å². The van der Waals surface area contributed by atoms with Crippen molar-refractivity contribution in [3.8, 4) is 0 Å². The fourth-order valence-electron chi connectivity index (χ4n) is 0.813. The maximum atomic E-state index is 11.1. The molecule has 1 heterocycles. The molecule has 1 N–H and O–H groups in total. The van der Waals surface area contributed by atoms with Crippen molar-refractivity contribution in [3.63, 3.8) is 0 Å². The van der Waals surface area contributed by atoms with Crippen LogP contribution in [0, 0.1) is 0 Å². The Labute approximate surface area is 75.9 Å². The molecule has 0 amide bonds. The molecule has 1 aliphatic rings. The maximum Gasteiger partial charge on any atom is 0.337 e. The van der Waals surface area contributed by atoms with Gasteiger partial charge in [-0.1, -0.05) is 6.58 Å². The quantitative estimate of drug-likeness (QED) is 0.489. The highest BCUT2D eigenvalue weighted by molar-refractivity contribution is 5.87. The van der Waals surface area contributed by atoms with Gasteiger partial charge in [-0.15, -0.1) is 0 Å². The molecular weight excluding hydrogens is 176 g/mol. The van der Waals surface area contributed by atoms with E-state index in [1.807, 2.05) is 0 Å². The van der Waals surface area contributed by atoms with E-state index in [0.717, 1.165) is 0 Å².